The van der Waals surface area contributed by atoms with Crippen molar-refractivity contribution in [3.8, 4) is 0 Å². The topological polar surface area (TPSA) is 132 Å². The summed E-state index contributed by atoms with van der Waals surface area (Å²) in [6.07, 6.45) is 46.0. The van der Waals surface area contributed by atoms with E-state index in [4.69, 9.17) is 23.6 Å². The third-order valence-corrected chi connectivity index (χ3v) is 11.7. The van der Waals surface area contributed by atoms with Crippen LogP contribution in [-0.2, 0) is 27.9 Å². The molecule has 0 aliphatic rings. The Morgan fingerprint density at radius 1 is 0.526 bits per heavy atom. The van der Waals surface area contributed by atoms with Gasteiger partial charge in [0, 0.05) is 13.0 Å². The quantitative estimate of drug-likeness (QED) is 0.0237. The summed E-state index contributed by atoms with van der Waals surface area (Å²) in [5.41, 5.74) is 0. The van der Waals surface area contributed by atoms with Crippen LogP contribution in [0, 0.1) is 0 Å². The highest BCUT2D eigenvalue weighted by atomic mass is 31.2. The smallest absolute Gasteiger partial charge is 0.457 e. The average Bonchev–Trinajstić information content (AvgIpc) is 3.20. The van der Waals surface area contributed by atoms with Crippen molar-refractivity contribution < 1.29 is 43.0 Å². The Morgan fingerprint density at radius 3 is 1.32 bits per heavy atom. The molecule has 0 radical (unpaired) electrons. The van der Waals surface area contributed by atoms with Crippen LogP contribution in [0.4, 0.5) is 0 Å². The van der Waals surface area contributed by atoms with E-state index in [9.17, 15) is 19.4 Å². The number of phosphoric ester groups is 1. The number of hydrogen-bond donors (Lipinski definition) is 3. The Balaban J connectivity index is 4.05. The fraction of sp³-hybridized carbons (Fsp3) is 0.936. The highest BCUT2D eigenvalue weighted by molar-refractivity contribution is 7.47. The summed E-state index contributed by atoms with van der Waals surface area (Å²) in [6.45, 7) is 3.55. The SMILES string of the molecule is CCCCCCC/C=C\CCCCCCCCOCC(COP(=O)(O)OCC(O)CO)OC(=O)CCCCCCCCCCCCCCCCCCCCCCC. The predicted molar refractivity (Wildman–Crippen MR) is 238 cm³/mol. The molecule has 0 spiro atoms. The van der Waals surface area contributed by atoms with Crippen LogP contribution in [0.3, 0.4) is 0 Å². The van der Waals surface area contributed by atoms with Crippen LogP contribution in [0.5, 0.6) is 0 Å². The molecule has 0 aromatic rings. The molecule has 340 valence electrons. The monoisotopic (exact) mass is 833 g/mol. The van der Waals surface area contributed by atoms with Crippen LogP contribution < -0.4 is 0 Å². The summed E-state index contributed by atoms with van der Waals surface area (Å²) in [6, 6.07) is 0. The first-order valence-corrected chi connectivity index (χ1v) is 25.7. The zero-order valence-electron chi connectivity index (χ0n) is 37.3. The summed E-state index contributed by atoms with van der Waals surface area (Å²) < 4.78 is 33.4. The lowest BCUT2D eigenvalue weighted by Crippen LogP contribution is -2.29. The number of ether oxygens (including phenoxy) is 2. The molecule has 0 saturated carbocycles. The molecule has 0 aromatic heterocycles. The largest absolute Gasteiger partial charge is 0.472 e. The lowest BCUT2D eigenvalue weighted by Gasteiger charge is -2.20. The molecule has 0 rings (SSSR count). The molecule has 3 N–H and O–H groups in total. The van der Waals surface area contributed by atoms with Crippen molar-refractivity contribution in [2.75, 3.05) is 33.0 Å². The Kier molecular flexibility index (Phi) is 44.1. The van der Waals surface area contributed by atoms with Gasteiger partial charge >= 0.3 is 13.8 Å². The minimum atomic E-state index is -4.52. The maximum Gasteiger partial charge on any atom is 0.472 e. The van der Waals surface area contributed by atoms with Crippen LogP contribution >= 0.6 is 7.82 Å². The summed E-state index contributed by atoms with van der Waals surface area (Å²) in [5.74, 6) is -0.379. The van der Waals surface area contributed by atoms with Gasteiger partial charge in [0.15, 0.2) is 0 Å². The van der Waals surface area contributed by atoms with Gasteiger partial charge < -0.3 is 24.6 Å². The molecule has 0 fully saturated rings. The fourth-order valence-corrected chi connectivity index (χ4v) is 7.79. The number of phosphoric acid groups is 1. The first-order valence-electron chi connectivity index (χ1n) is 24.2. The first-order chi connectivity index (χ1) is 27.8. The summed E-state index contributed by atoms with van der Waals surface area (Å²) >= 11 is 0. The van der Waals surface area contributed by atoms with E-state index >= 15 is 0 Å². The van der Waals surface area contributed by atoms with E-state index in [0.29, 0.717) is 6.61 Å². The van der Waals surface area contributed by atoms with Gasteiger partial charge in [0.05, 0.1) is 26.4 Å². The normalized spacial score (nSPS) is 14.0. The van der Waals surface area contributed by atoms with E-state index in [1.807, 2.05) is 0 Å². The predicted octanol–water partition coefficient (Wildman–Crippen LogP) is 13.7. The number of esters is 1. The number of aliphatic hydroxyl groups excluding tert-OH is 2. The van der Waals surface area contributed by atoms with Gasteiger partial charge in [-0.15, -0.1) is 0 Å². The molecule has 10 heteroatoms. The zero-order chi connectivity index (χ0) is 41.8. The van der Waals surface area contributed by atoms with E-state index in [1.54, 1.807) is 0 Å². The van der Waals surface area contributed by atoms with E-state index in [2.05, 4.69) is 26.0 Å². The highest BCUT2D eigenvalue weighted by Crippen LogP contribution is 2.43. The third-order valence-electron chi connectivity index (χ3n) is 10.7. The molecular formula is C47H93O9P. The summed E-state index contributed by atoms with van der Waals surface area (Å²) in [4.78, 5) is 22.6. The van der Waals surface area contributed by atoms with Crippen LogP contribution in [0.15, 0.2) is 12.2 Å². The van der Waals surface area contributed by atoms with Gasteiger partial charge in [-0.1, -0.05) is 206 Å². The van der Waals surface area contributed by atoms with E-state index in [-0.39, 0.29) is 25.6 Å². The number of aliphatic hydroxyl groups is 2. The van der Waals surface area contributed by atoms with Gasteiger partial charge in [-0.2, -0.15) is 0 Å². The second-order valence-corrected chi connectivity index (χ2v) is 17.9. The van der Waals surface area contributed by atoms with Gasteiger partial charge in [-0.05, 0) is 38.5 Å². The van der Waals surface area contributed by atoms with Crippen LogP contribution in [-0.4, -0.2) is 66.3 Å². The Morgan fingerprint density at radius 2 is 0.895 bits per heavy atom. The number of allylic oxidation sites excluding steroid dienone is 2. The summed E-state index contributed by atoms with van der Waals surface area (Å²) in [5, 5.41) is 18.4. The van der Waals surface area contributed by atoms with Gasteiger partial charge in [0.1, 0.15) is 12.2 Å². The van der Waals surface area contributed by atoms with Crippen molar-refractivity contribution in [3.63, 3.8) is 0 Å². The molecule has 3 atom stereocenters. The number of hydrogen-bond acceptors (Lipinski definition) is 8. The van der Waals surface area contributed by atoms with Gasteiger partial charge in [-0.3, -0.25) is 13.8 Å². The standard InChI is InChI=1S/C47H93O9P/c1-3-5-7-9-11-13-15-17-19-20-21-22-23-24-25-27-29-31-33-35-37-39-47(50)56-46(44-55-57(51,52)54-42-45(49)41-48)43-53-40-38-36-34-32-30-28-26-18-16-14-12-10-8-6-4-2/h16,18,45-46,48-49H,3-15,17,19-44H2,1-2H3,(H,51,52)/b18-16-. The minimum Gasteiger partial charge on any atom is -0.457 e. The number of carbonyl (C=O) groups is 1. The van der Waals surface area contributed by atoms with Crippen LogP contribution in [0.1, 0.15) is 239 Å². The second-order valence-electron chi connectivity index (χ2n) is 16.5. The molecule has 0 aliphatic carbocycles. The van der Waals surface area contributed by atoms with Crippen LogP contribution in [0.25, 0.3) is 0 Å². The lowest BCUT2D eigenvalue weighted by atomic mass is 10.0. The number of rotatable bonds is 47. The van der Waals surface area contributed by atoms with E-state index in [0.717, 1.165) is 44.9 Å². The maximum absolute atomic E-state index is 12.7. The number of carbonyl (C=O) groups excluding carboxylic acids is 1. The molecule has 57 heavy (non-hydrogen) atoms. The van der Waals surface area contributed by atoms with E-state index < -0.39 is 33.2 Å². The van der Waals surface area contributed by atoms with Gasteiger partial charge in [0.25, 0.3) is 0 Å². The van der Waals surface area contributed by atoms with Crippen molar-refractivity contribution in [1.82, 2.24) is 0 Å². The molecule has 0 heterocycles. The second kappa shape index (κ2) is 44.7. The summed E-state index contributed by atoms with van der Waals surface area (Å²) in [7, 11) is -4.52. The van der Waals surface area contributed by atoms with Crippen LogP contribution in [0.2, 0.25) is 0 Å². The van der Waals surface area contributed by atoms with Crippen molar-refractivity contribution >= 4 is 13.8 Å². The van der Waals surface area contributed by atoms with Crippen molar-refractivity contribution in [2.45, 2.75) is 251 Å². The van der Waals surface area contributed by atoms with Crippen molar-refractivity contribution in [3.05, 3.63) is 12.2 Å². The molecule has 9 nitrogen and oxygen atoms in total. The average molecular weight is 833 g/mol. The molecule has 0 bridgehead atoms. The first kappa shape index (κ1) is 56.2. The third kappa shape index (κ3) is 44.6. The molecule has 3 unspecified atom stereocenters. The number of unbranched alkanes of at least 4 members (excludes halogenated alkanes) is 31. The Bertz CT molecular complexity index is 902. The van der Waals surface area contributed by atoms with Gasteiger partial charge in [0.2, 0.25) is 0 Å². The fourth-order valence-electron chi connectivity index (χ4n) is 7.00. The van der Waals surface area contributed by atoms with Gasteiger partial charge in [-0.25, -0.2) is 4.57 Å². The van der Waals surface area contributed by atoms with E-state index in [1.165, 1.54) is 173 Å². The molecule has 0 saturated heterocycles. The molecule has 0 aromatic carbocycles. The molecular weight excluding hydrogens is 739 g/mol. The highest BCUT2D eigenvalue weighted by Gasteiger charge is 2.26. The zero-order valence-corrected chi connectivity index (χ0v) is 38.2. The molecule has 0 aliphatic heterocycles. The lowest BCUT2D eigenvalue weighted by molar-refractivity contribution is -0.154. The Labute approximate surface area is 351 Å². The minimum absolute atomic E-state index is 0.0508. The van der Waals surface area contributed by atoms with Crippen molar-refractivity contribution in [1.29, 1.82) is 0 Å². The van der Waals surface area contributed by atoms with Crippen molar-refractivity contribution in [2.24, 2.45) is 0 Å². The maximum atomic E-state index is 12.7. The Hall–Kier alpha value is -0.800. The molecule has 0 amide bonds.